The fourth-order valence-electron chi connectivity index (χ4n) is 4.17. The maximum Gasteiger partial charge on any atom is 0.249 e. The van der Waals surface area contributed by atoms with Crippen molar-refractivity contribution in [3.05, 3.63) is 90.0 Å². The molecule has 0 aromatic heterocycles. The molecule has 0 aliphatic carbocycles. The van der Waals surface area contributed by atoms with Gasteiger partial charge in [-0.05, 0) is 55.1 Å². The number of aryl methyl sites for hydroxylation is 1. The SMILES string of the molecule is CNC(C)C(=O)N[C@H]1CCc2ccccc2N(Cc2ccccc2-c2ccccc2)C1=O.Cl. The number of carbonyl (C=O) groups is 2. The molecule has 6 heteroatoms. The number of amides is 2. The Morgan fingerprint density at radius 1 is 1.00 bits per heavy atom. The van der Waals surface area contributed by atoms with Crippen molar-refractivity contribution in [3.8, 4) is 11.1 Å². The van der Waals surface area contributed by atoms with Crippen LogP contribution in [0.4, 0.5) is 5.69 Å². The molecule has 2 amide bonds. The van der Waals surface area contributed by atoms with Gasteiger partial charge < -0.3 is 15.5 Å². The number of likely N-dealkylation sites (N-methyl/N-ethyl adjacent to an activating group) is 1. The lowest BCUT2D eigenvalue weighted by Gasteiger charge is -2.28. The van der Waals surface area contributed by atoms with E-state index in [0.29, 0.717) is 13.0 Å². The summed E-state index contributed by atoms with van der Waals surface area (Å²) in [4.78, 5) is 28.1. The van der Waals surface area contributed by atoms with Gasteiger partial charge >= 0.3 is 0 Å². The number of nitrogens with zero attached hydrogens (tertiary/aromatic N) is 1. The summed E-state index contributed by atoms with van der Waals surface area (Å²) in [5, 5.41) is 5.91. The highest BCUT2D eigenvalue weighted by Crippen LogP contribution is 2.31. The van der Waals surface area contributed by atoms with Crippen molar-refractivity contribution in [1.82, 2.24) is 10.6 Å². The molecule has 0 radical (unpaired) electrons. The number of halogens is 1. The lowest BCUT2D eigenvalue weighted by molar-refractivity contribution is -0.128. The number of hydrogen-bond acceptors (Lipinski definition) is 3. The number of hydrogen-bond donors (Lipinski definition) is 2. The van der Waals surface area contributed by atoms with Gasteiger partial charge in [0.05, 0.1) is 12.6 Å². The van der Waals surface area contributed by atoms with E-state index in [1.54, 1.807) is 14.0 Å². The molecular weight excluding hydrogens is 434 g/mol. The lowest BCUT2D eigenvalue weighted by atomic mass is 9.99. The van der Waals surface area contributed by atoms with Crippen LogP contribution in [0.5, 0.6) is 0 Å². The van der Waals surface area contributed by atoms with Crippen LogP contribution in [0, 0.1) is 0 Å². The van der Waals surface area contributed by atoms with Crippen LogP contribution in [0.25, 0.3) is 11.1 Å². The van der Waals surface area contributed by atoms with E-state index in [1.165, 1.54) is 0 Å². The van der Waals surface area contributed by atoms with Crippen LogP contribution in [0.2, 0.25) is 0 Å². The fraction of sp³-hybridized carbons (Fsp3) is 0.259. The van der Waals surface area contributed by atoms with Crippen molar-refractivity contribution < 1.29 is 9.59 Å². The normalized spacial score (nSPS) is 16.2. The Hall–Kier alpha value is -3.15. The molecule has 0 bridgehead atoms. The molecule has 2 N–H and O–H groups in total. The lowest BCUT2D eigenvalue weighted by Crippen LogP contribution is -2.52. The summed E-state index contributed by atoms with van der Waals surface area (Å²) in [6.45, 7) is 2.23. The molecule has 4 rings (SSSR count). The second-order valence-corrected chi connectivity index (χ2v) is 8.19. The molecule has 3 aromatic rings. The third-order valence-corrected chi connectivity index (χ3v) is 6.12. The Kier molecular flexibility index (Phi) is 8.26. The van der Waals surface area contributed by atoms with E-state index in [2.05, 4.69) is 41.0 Å². The molecule has 0 fully saturated rings. The topological polar surface area (TPSA) is 61.4 Å². The summed E-state index contributed by atoms with van der Waals surface area (Å²) in [5.74, 6) is -0.240. The van der Waals surface area contributed by atoms with E-state index in [9.17, 15) is 9.59 Å². The second kappa shape index (κ2) is 11.1. The molecule has 0 saturated heterocycles. The van der Waals surface area contributed by atoms with Gasteiger partial charge in [-0.1, -0.05) is 72.8 Å². The number of benzene rings is 3. The molecule has 1 aliphatic heterocycles. The molecule has 1 unspecified atom stereocenters. The first-order chi connectivity index (χ1) is 15.6. The molecule has 2 atom stereocenters. The summed E-state index contributed by atoms with van der Waals surface area (Å²) in [6, 6.07) is 25.5. The second-order valence-electron chi connectivity index (χ2n) is 8.19. The first-order valence-corrected chi connectivity index (χ1v) is 11.1. The van der Waals surface area contributed by atoms with E-state index >= 15 is 0 Å². The van der Waals surface area contributed by atoms with Crippen molar-refractivity contribution in [2.45, 2.75) is 38.4 Å². The minimum absolute atomic E-state index is 0. The number of anilines is 1. The summed E-state index contributed by atoms with van der Waals surface area (Å²) in [6.07, 6.45) is 1.31. The highest BCUT2D eigenvalue weighted by atomic mass is 35.5. The molecule has 0 spiro atoms. The molecule has 172 valence electrons. The van der Waals surface area contributed by atoms with Gasteiger partial charge in [0.15, 0.2) is 0 Å². The first-order valence-electron chi connectivity index (χ1n) is 11.1. The molecule has 5 nitrogen and oxygen atoms in total. The Morgan fingerprint density at radius 2 is 1.67 bits per heavy atom. The third-order valence-electron chi connectivity index (χ3n) is 6.12. The van der Waals surface area contributed by atoms with Gasteiger partial charge in [0.2, 0.25) is 11.8 Å². The van der Waals surface area contributed by atoms with E-state index < -0.39 is 6.04 Å². The van der Waals surface area contributed by atoms with Crippen molar-refractivity contribution >= 4 is 29.9 Å². The summed E-state index contributed by atoms with van der Waals surface area (Å²) < 4.78 is 0. The first kappa shape index (κ1) is 24.5. The van der Waals surface area contributed by atoms with Crippen LogP contribution in [0.1, 0.15) is 24.5 Å². The standard InChI is InChI=1S/C27H29N3O2.ClH/c1-19(28-2)26(31)29-24-17-16-21-12-7-9-15-25(21)30(27(24)32)18-22-13-6-8-14-23(22)20-10-4-3-5-11-20;/h3-15,19,24,28H,16-18H2,1-2H3,(H,29,31);1H/t19?,24-;/m0./s1. The number of nitrogens with one attached hydrogen (secondary N) is 2. The Balaban J connectivity index is 0.00000306. The molecule has 1 heterocycles. The van der Waals surface area contributed by atoms with Crippen molar-refractivity contribution in [2.75, 3.05) is 11.9 Å². The zero-order valence-electron chi connectivity index (χ0n) is 19.0. The fourth-order valence-corrected chi connectivity index (χ4v) is 4.17. The average Bonchev–Trinajstić information content (AvgIpc) is 2.96. The van der Waals surface area contributed by atoms with E-state index in [-0.39, 0.29) is 30.3 Å². The van der Waals surface area contributed by atoms with Crippen molar-refractivity contribution in [2.24, 2.45) is 0 Å². The number of carbonyl (C=O) groups excluding carboxylic acids is 2. The van der Waals surface area contributed by atoms with Gasteiger partial charge in [-0.15, -0.1) is 12.4 Å². The predicted octanol–water partition coefficient (Wildman–Crippen LogP) is 4.35. The highest BCUT2D eigenvalue weighted by molar-refractivity contribution is 6.01. The van der Waals surface area contributed by atoms with E-state index in [1.807, 2.05) is 53.4 Å². The molecule has 33 heavy (non-hydrogen) atoms. The number of para-hydroxylation sites is 1. The summed E-state index contributed by atoms with van der Waals surface area (Å²) >= 11 is 0. The Morgan fingerprint density at radius 3 is 2.42 bits per heavy atom. The molecule has 1 aliphatic rings. The highest BCUT2D eigenvalue weighted by Gasteiger charge is 2.32. The maximum absolute atomic E-state index is 13.7. The van der Waals surface area contributed by atoms with Crippen LogP contribution < -0.4 is 15.5 Å². The summed E-state index contributed by atoms with van der Waals surface area (Å²) in [7, 11) is 1.74. The number of fused-ring (bicyclic) bond motifs is 1. The zero-order valence-corrected chi connectivity index (χ0v) is 19.8. The third kappa shape index (κ3) is 5.44. The largest absolute Gasteiger partial charge is 0.343 e. The van der Waals surface area contributed by atoms with Gasteiger partial charge in [0.25, 0.3) is 0 Å². The van der Waals surface area contributed by atoms with Gasteiger partial charge in [-0.2, -0.15) is 0 Å². The minimum atomic E-state index is -0.561. The van der Waals surface area contributed by atoms with Gasteiger partial charge in [0, 0.05) is 5.69 Å². The summed E-state index contributed by atoms with van der Waals surface area (Å²) in [5.41, 5.74) is 5.33. The Bertz CT molecular complexity index is 1100. The predicted molar refractivity (Wildman–Crippen MR) is 136 cm³/mol. The smallest absolute Gasteiger partial charge is 0.249 e. The van der Waals surface area contributed by atoms with Crippen LogP contribution in [-0.4, -0.2) is 30.9 Å². The van der Waals surface area contributed by atoms with Crippen LogP contribution >= 0.6 is 12.4 Å². The van der Waals surface area contributed by atoms with Crippen LogP contribution in [0.3, 0.4) is 0 Å². The molecular formula is C27H30ClN3O2. The van der Waals surface area contributed by atoms with Crippen LogP contribution in [-0.2, 0) is 22.6 Å². The minimum Gasteiger partial charge on any atom is -0.343 e. The number of rotatable bonds is 6. The zero-order chi connectivity index (χ0) is 22.5. The van der Waals surface area contributed by atoms with E-state index in [0.717, 1.165) is 34.4 Å². The monoisotopic (exact) mass is 463 g/mol. The van der Waals surface area contributed by atoms with Crippen molar-refractivity contribution in [1.29, 1.82) is 0 Å². The van der Waals surface area contributed by atoms with Gasteiger partial charge in [-0.25, -0.2) is 0 Å². The van der Waals surface area contributed by atoms with E-state index in [4.69, 9.17) is 0 Å². The molecule has 3 aromatic carbocycles. The van der Waals surface area contributed by atoms with Crippen LogP contribution in [0.15, 0.2) is 78.9 Å². The average molecular weight is 464 g/mol. The molecule has 0 saturated carbocycles. The maximum atomic E-state index is 13.7. The van der Waals surface area contributed by atoms with Gasteiger partial charge in [-0.3, -0.25) is 9.59 Å². The van der Waals surface area contributed by atoms with Crippen molar-refractivity contribution in [3.63, 3.8) is 0 Å². The Labute approximate surface area is 201 Å². The quantitative estimate of drug-likeness (QED) is 0.571. The van der Waals surface area contributed by atoms with Gasteiger partial charge in [0.1, 0.15) is 6.04 Å².